The Hall–Kier alpha value is -1.98. The van der Waals surface area contributed by atoms with Gasteiger partial charge in [0.2, 0.25) is 11.8 Å². The van der Waals surface area contributed by atoms with Crippen molar-refractivity contribution in [1.82, 2.24) is 10.2 Å². The number of amides is 2. The van der Waals surface area contributed by atoms with Crippen molar-refractivity contribution in [3.63, 3.8) is 0 Å². The highest BCUT2D eigenvalue weighted by Crippen LogP contribution is 2.22. The first-order chi connectivity index (χ1) is 13.1. The van der Waals surface area contributed by atoms with Crippen molar-refractivity contribution in [1.29, 1.82) is 0 Å². The second-order valence-electron chi connectivity index (χ2n) is 6.06. The molecule has 2 aromatic carbocycles. The Bertz CT molecular complexity index is 755. The van der Waals surface area contributed by atoms with Crippen molar-refractivity contribution in [2.24, 2.45) is 0 Å². The number of carbonyl (C=O) groups is 2. The van der Waals surface area contributed by atoms with Gasteiger partial charge in [0.05, 0.1) is 0 Å². The van der Waals surface area contributed by atoms with E-state index in [-0.39, 0.29) is 11.8 Å². The van der Waals surface area contributed by atoms with E-state index in [0.29, 0.717) is 30.2 Å². The molecule has 0 aliphatic rings. The molecule has 0 aliphatic heterocycles. The van der Waals surface area contributed by atoms with E-state index in [9.17, 15) is 9.59 Å². The maximum Gasteiger partial charge on any atom is 0.242 e. The Morgan fingerprint density at radius 1 is 1.11 bits per heavy atom. The standard InChI is InChI=1S/C21H25ClN2O2S/c1-3-19(21(26)23-2)24(15-16-9-7-8-12-18(16)22)20(25)13-14-27-17-10-5-4-6-11-17/h4-12,19H,3,13-15H2,1-2H3,(H,23,26). The van der Waals surface area contributed by atoms with Gasteiger partial charge in [0, 0.05) is 35.7 Å². The van der Waals surface area contributed by atoms with Crippen LogP contribution in [-0.4, -0.2) is 35.6 Å². The molecule has 4 nitrogen and oxygen atoms in total. The summed E-state index contributed by atoms with van der Waals surface area (Å²) in [7, 11) is 1.59. The third-order valence-corrected chi connectivity index (χ3v) is 5.64. The molecule has 0 aromatic heterocycles. The molecule has 0 saturated carbocycles. The molecule has 0 spiro atoms. The minimum absolute atomic E-state index is 0.0474. The summed E-state index contributed by atoms with van der Waals surface area (Å²) in [5.74, 6) is 0.453. The normalized spacial score (nSPS) is 11.7. The van der Waals surface area contributed by atoms with E-state index in [1.54, 1.807) is 29.8 Å². The number of hydrogen-bond donors (Lipinski definition) is 1. The Labute approximate surface area is 170 Å². The van der Waals surface area contributed by atoms with Crippen LogP contribution < -0.4 is 5.32 Å². The van der Waals surface area contributed by atoms with Gasteiger partial charge in [-0.15, -0.1) is 11.8 Å². The fraction of sp³-hybridized carbons (Fsp3) is 0.333. The molecule has 2 aromatic rings. The fourth-order valence-corrected chi connectivity index (χ4v) is 3.87. The SMILES string of the molecule is CCC(C(=O)NC)N(Cc1ccccc1Cl)C(=O)CCSc1ccccc1. The fourth-order valence-electron chi connectivity index (χ4n) is 2.81. The molecule has 0 fully saturated rings. The van der Waals surface area contributed by atoms with E-state index >= 15 is 0 Å². The summed E-state index contributed by atoms with van der Waals surface area (Å²) >= 11 is 7.91. The zero-order valence-corrected chi connectivity index (χ0v) is 17.2. The molecule has 1 unspecified atom stereocenters. The van der Waals surface area contributed by atoms with Crippen LogP contribution in [0.5, 0.6) is 0 Å². The Balaban J connectivity index is 2.11. The highest BCUT2D eigenvalue weighted by Gasteiger charge is 2.28. The van der Waals surface area contributed by atoms with Crippen LogP contribution in [0.2, 0.25) is 5.02 Å². The summed E-state index contributed by atoms with van der Waals surface area (Å²) in [6, 6.07) is 16.9. The number of nitrogens with zero attached hydrogens (tertiary/aromatic N) is 1. The number of hydrogen-bond acceptors (Lipinski definition) is 3. The van der Waals surface area contributed by atoms with E-state index in [2.05, 4.69) is 5.32 Å². The lowest BCUT2D eigenvalue weighted by Gasteiger charge is -2.30. The monoisotopic (exact) mass is 404 g/mol. The van der Waals surface area contributed by atoms with E-state index in [4.69, 9.17) is 11.6 Å². The second kappa shape index (κ2) is 11.0. The average molecular weight is 405 g/mol. The second-order valence-corrected chi connectivity index (χ2v) is 7.64. The molecular formula is C21H25ClN2O2S. The smallest absolute Gasteiger partial charge is 0.242 e. The average Bonchev–Trinajstić information content (AvgIpc) is 2.69. The van der Waals surface area contributed by atoms with Crippen LogP contribution in [0.4, 0.5) is 0 Å². The quantitative estimate of drug-likeness (QED) is 0.631. The maximum atomic E-state index is 13.0. The molecule has 144 valence electrons. The highest BCUT2D eigenvalue weighted by molar-refractivity contribution is 7.99. The first-order valence-electron chi connectivity index (χ1n) is 8.99. The van der Waals surface area contributed by atoms with Gasteiger partial charge in [0.1, 0.15) is 6.04 Å². The van der Waals surface area contributed by atoms with Crippen molar-refractivity contribution in [2.45, 2.75) is 37.2 Å². The summed E-state index contributed by atoms with van der Waals surface area (Å²) in [5.41, 5.74) is 0.839. The molecule has 0 radical (unpaired) electrons. The van der Waals surface area contributed by atoms with Gasteiger partial charge in [-0.3, -0.25) is 9.59 Å². The van der Waals surface area contributed by atoms with Crippen molar-refractivity contribution < 1.29 is 9.59 Å². The zero-order valence-electron chi connectivity index (χ0n) is 15.7. The van der Waals surface area contributed by atoms with Gasteiger partial charge in [-0.2, -0.15) is 0 Å². The molecule has 0 saturated heterocycles. The van der Waals surface area contributed by atoms with Gasteiger partial charge in [0.25, 0.3) is 0 Å². The summed E-state index contributed by atoms with van der Waals surface area (Å²) in [6.45, 7) is 2.23. The van der Waals surface area contributed by atoms with Crippen molar-refractivity contribution >= 4 is 35.2 Å². The molecule has 2 rings (SSSR count). The van der Waals surface area contributed by atoms with Gasteiger partial charge < -0.3 is 10.2 Å². The Kier molecular flexibility index (Phi) is 8.69. The lowest BCUT2D eigenvalue weighted by Crippen LogP contribution is -2.48. The predicted molar refractivity (Wildman–Crippen MR) is 112 cm³/mol. The maximum absolute atomic E-state index is 13.0. The van der Waals surface area contributed by atoms with Gasteiger partial charge >= 0.3 is 0 Å². The molecular weight excluding hydrogens is 380 g/mol. The molecule has 6 heteroatoms. The van der Waals surface area contributed by atoms with Crippen LogP contribution in [-0.2, 0) is 16.1 Å². The molecule has 27 heavy (non-hydrogen) atoms. The summed E-state index contributed by atoms with van der Waals surface area (Å²) in [6.07, 6.45) is 0.902. The zero-order chi connectivity index (χ0) is 19.6. The molecule has 1 atom stereocenters. The van der Waals surface area contributed by atoms with Crippen LogP contribution in [0, 0.1) is 0 Å². The summed E-state index contributed by atoms with van der Waals surface area (Å²) < 4.78 is 0. The van der Waals surface area contributed by atoms with Crippen molar-refractivity contribution in [3.8, 4) is 0 Å². The van der Waals surface area contributed by atoms with Crippen LogP contribution in [0.3, 0.4) is 0 Å². The third kappa shape index (κ3) is 6.29. The number of likely N-dealkylation sites (N-methyl/N-ethyl adjacent to an activating group) is 1. The van der Waals surface area contributed by atoms with Crippen molar-refractivity contribution in [2.75, 3.05) is 12.8 Å². The van der Waals surface area contributed by atoms with E-state index in [1.807, 2.05) is 55.5 Å². The number of halogens is 1. The van der Waals surface area contributed by atoms with Gasteiger partial charge in [-0.25, -0.2) is 0 Å². The van der Waals surface area contributed by atoms with Crippen molar-refractivity contribution in [3.05, 3.63) is 65.2 Å². The minimum Gasteiger partial charge on any atom is -0.357 e. The summed E-state index contributed by atoms with van der Waals surface area (Å²) in [5, 5.41) is 3.26. The molecule has 1 N–H and O–H groups in total. The highest BCUT2D eigenvalue weighted by atomic mass is 35.5. The number of thioether (sulfide) groups is 1. The molecule has 2 amide bonds. The first-order valence-corrected chi connectivity index (χ1v) is 10.4. The van der Waals surface area contributed by atoms with E-state index in [1.165, 1.54) is 0 Å². The Morgan fingerprint density at radius 2 is 1.78 bits per heavy atom. The predicted octanol–water partition coefficient (Wildman–Crippen LogP) is 4.38. The van der Waals surface area contributed by atoms with E-state index in [0.717, 1.165) is 10.5 Å². The van der Waals surface area contributed by atoms with Gasteiger partial charge in [-0.05, 0) is 30.2 Å². The topological polar surface area (TPSA) is 49.4 Å². The lowest BCUT2D eigenvalue weighted by atomic mass is 10.1. The Morgan fingerprint density at radius 3 is 2.41 bits per heavy atom. The van der Waals surface area contributed by atoms with Crippen LogP contribution in [0.25, 0.3) is 0 Å². The number of carbonyl (C=O) groups excluding carboxylic acids is 2. The van der Waals surface area contributed by atoms with Crippen LogP contribution in [0.15, 0.2) is 59.5 Å². The van der Waals surface area contributed by atoms with Crippen LogP contribution in [0.1, 0.15) is 25.3 Å². The van der Waals surface area contributed by atoms with E-state index < -0.39 is 6.04 Å². The third-order valence-electron chi connectivity index (χ3n) is 4.26. The first kappa shape index (κ1) is 21.3. The molecule has 0 aliphatic carbocycles. The molecule has 0 heterocycles. The lowest BCUT2D eigenvalue weighted by molar-refractivity contribution is -0.140. The number of rotatable bonds is 9. The molecule has 0 bridgehead atoms. The largest absolute Gasteiger partial charge is 0.357 e. The number of nitrogens with one attached hydrogen (secondary N) is 1. The minimum atomic E-state index is -0.513. The van der Waals surface area contributed by atoms with Gasteiger partial charge in [-0.1, -0.05) is 54.9 Å². The summed E-state index contributed by atoms with van der Waals surface area (Å²) in [4.78, 5) is 28.0. The number of benzene rings is 2. The van der Waals surface area contributed by atoms with Crippen LogP contribution >= 0.6 is 23.4 Å². The van der Waals surface area contributed by atoms with Gasteiger partial charge in [0.15, 0.2) is 0 Å².